The number of rotatable bonds is 6. The van der Waals surface area contributed by atoms with E-state index in [0.29, 0.717) is 35.4 Å². The van der Waals surface area contributed by atoms with E-state index < -0.39 is 10.0 Å². The van der Waals surface area contributed by atoms with Crippen LogP contribution in [0.2, 0.25) is 0 Å². The summed E-state index contributed by atoms with van der Waals surface area (Å²) in [5, 5.41) is 3.23. The second-order valence-corrected chi connectivity index (χ2v) is 9.89. The number of hydrogen-bond donors (Lipinski definition) is 1. The van der Waals surface area contributed by atoms with Gasteiger partial charge in [-0.3, -0.25) is 14.2 Å². The zero-order chi connectivity index (χ0) is 22.7. The summed E-state index contributed by atoms with van der Waals surface area (Å²) in [4.78, 5) is 29.9. The summed E-state index contributed by atoms with van der Waals surface area (Å²) in [6.45, 7) is 2.77. The molecule has 0 unspecified atom stereocenters. The molecule has 1 amide bonds. The van der Waals surface area contributed by atoms with Gasteiger partial charge in [-0.05, 0) is 49.6 Å². The Hall–Kier alpha value is -3.04. The highest BCUT2D eigenvalue weighted by atomic mass is 32.2. The number of benzene rings is 2. The summed E-state index contributed by atoms with van der Waals surface area (Å²) in [6.07, 6.45) is 2.79. The Morgan fingerprint density at radius 1 is 1.06 bits per heavy atom. The number of hydrogen-bond acceptors (Lipinski definition) is 5. The van der Waals surface area contributed by atoms with Gasteiger partial charge in [0.2, 0.25) is 15.9 Å². The van der Waals surface area contributed by atoms with Gasteiger partial charge in [-0.1, -0.05) is 30.7 Å². The van der Waals surface area contributed by atoms with Crippen molar-refractivity contribution in [2.24, 2.45) is 0 Å². The molecule has 3 aromatic rings. The fourth-order valence-corrected chi connectivity index (χ4v) is 5.52. The Morgan fingerprint density at radius 3 is 2.59 bits per heavy atom. The molecule has 0 bridgehead atoms. The first-order valence-electron chi connectivity index (χ1n) is 10.7. The molecule has 1 aliphatic heterocycles. The Labute approximate surface area is 186 Å². The van der Waals surface area contributed by atoms with Gasteiger partial charge >= 0.3 is 0 Å². The van der Waals surface area contributed by atoms with Gasteiger partial charge in [0.1, 0.15) is 12.4 Å². The van der Waals surface area contributed by atoms with Crippen molar-refractivity contribution in [1.82, 2.24) is 19.2 Å². The van der Waals surface area contributed by atoms with Gasteiger partial charge in [-0.2, -0.15) is 4.31 Å². The van der Waals surface area contributed by atoms with Crippen molar-refractivity contribution < 1.29 is 13.2 Å². The van der Waals surface area contributed by atoms with Crippen LogP contribution in [0.15, 0.2) is 58.2 Å². The van der Waals surface area contributed by atoms with Crippen LogP contribution in [0.4, 0.5) is 0 Å². The van der Waals surface area contributed by atoms with Gasteiger partial charge in [0.05, 0.1) is 15.8 Å². The van der Waals surface area contributed by atoms with E-state index >= 15 is 0 Å². The lowest BCUT2D eigenvalue weighted by molar-refractivity contribution is -0.121. The maximum Gasteiger partial charge on any atom is 0.261 e. The first-order valence-corrected chi connectivity index (χ1v) is 12.1. The van der Waals surface area contributed by atoms with Crippen LogP contribution in [-0.2, 0) is 27.9 Å². The van der Waals surface area contributed by atoms with E-state index in [1.807, 2.05) is 6.07 Å². The number of amides is 1. The average molecular weight is 455 g/mol. The van der Waals surface area contributed by atoms with Crippen molar-refractivity contribution in [3.8, 4) is 0 Å². The van der Waals surface area contributed by atoms with E-state index in [1.54, 1.807) is 49.4 Å². The third-order valence-electron chi connectivity index (χ3n) is 5.70. The van der Waals surface area contributed by atoms with E-state index in [-0.39, 0.29) is 29.5 Å². The molecule has 0 spiro atoms. The van der Waals surface area contributed by atoms with Gasteiger partial charge in [-0.15, -0.1) is 0 Å². The number of nitrogens with zero attached hydrogens (tertiary/aromatic N) is 3. The van der Waals surface area contributed by atoms with Gasteiger partial charge in [0, 0.05) is 19.6 Å². The largest absolute Gasteiger partial charge is 0.350 e. The van der Waals surface area contributed by atoms with Crippen molar-refractivity contribution in [3.05, 3.63) is 70.3 Å². The highest BCUT2D eigenvalue weighted by Crippen LogP contribution is 2.21. The number of sulfonamides is 1. The molecule has 8 nitrogen and oxygen atoms in total. The predicted molar refractivity (Wildman–Crippen MR) is 122 cm³/mol. The fraction of sp³-hybridized carbons (Fsp3) is 0.348. The molecule has 0 saturated carbocycles. The van der Waals surface area contributed by atoms with Crippen LogP contribution >= 0.6 is 0 Å². The number of nitrogens with one attached hydrogen (secondary N) is 1. The molecule has 1 N–H and O–H groups in total. The van der Waals surface area contributed by atoms with Crippen LogP contribution in [0.3, 0.4) is 0 Å². The maximum atomic E-state index is 12.9. The van der Waals surface area contributed by atoms with E-state index in [1.165, 1.54) is 8.87 Å². The highest BCUT2D eigenvalue weighted by molar-refractivity contribution is 7.89. The normalized spacial score (nSPS) is 15.0. The smallest absolute Gasteiger partial charge is 0.261 e. The summed E-state index contributed by atoms with van der Waals surface area (Å²) < 4.78 is 28.7. The van der Waals surface area contributed by atoms with Crippen LogP contribution in [0.25, 0.3) is 10.9 Å². The monoisotopic (exact) mass is 454 g/mol. The van der Waals surface area contributed by atoms with Gasteiger partial charge < -0.3 is 5.32 Å². The van der Waals surface area contributed by atoms with Crippen LogP contribution < -0.4 is 10.9 Å². The third-order valence-corrected chi connectivity index (χ3v) is 7.59. The second-order valence-electron chi connectivity index (χ2n) is 7.96. The molecule has 0 aliphatic carbocycles. The van der Waals surface area contributed by atoms with Crippen LogP contribution in [0.5, 0.6) is 0 Å². The minimum atomic E-state index is -3.54. The molecule has 0 atom stereocenters. The van der Waals surface area contributed by atoms with Crippen molar-refractivity contribution >= 4 is 26.8 Å². The number of aromatic nitrogens is 2. The van der Waals surface area contributed by atoms with E-state index in [4.69, 9.17) is 0 Å². The molecule has 32 heavy (non-hydrogen) atoms. The van der Waals surface area contributed by atoms with Crippen molar-refractivity contribution in [2.45, 2.75) is 44.2 Å². The van der Waals surface area contributed by atoms with Crippen molar-refractivity contribution in [1.29, 1.82) is 0 Å². The molecule has 1 fully saturated rings. The molecular weight excluding hydrogens is 428 g/mol. The highest BCUT2D eigenvalue weighted by Gasteiger charge is 2.26. The Bertz CT molecular complexity index is 1310. The minimum absolute atomic E-state index is 0.158. The molecule has 2 aromatic carbocycles. The van der Waals surface area contributed by atoms with E-state index in [2.05, 4.69) is 10.3 Å². The fourth-order valence-electron chi connectivity index (χ4n) is 3.94. The zero-order valence-electron chi connectivity index (χ0n) is 18.0. The first-order chi connectivity index (χ1) is 15.4. The van der Waals surface area contributed by atoms with Crippen LogP contribution in [0, 0.1) is 6.92 Å². The molecular formula is C23H26N4O4S. The second kappa shape index (κ2) is 9.22. The van der Waals surface area contributed by atoms with Gasteiger partial charge in [0.15, 0.2) is 0 Å². The Balaban J connectivity index is 1.46. The lowest BCUT2D eigenvalue weighted by atomic mass is 10.2. The summed E-state index contributed by atoms with van der Waals surface area (Å²) >= 11 is 0. The third kappa shape index (κ3) is 4.58. The van der Waals surface area contributed by atoms with Gasteiger partial charge in [-0.25, -0.2) is 13.4 Å². The Morgan fingerprint density at radius 2 is 1.81 bits per heavy atom. The van der Waals surface area contributed by atoms with Crippen LogP contribution in [-0.4, -0.2) is 41.3 Å². The Kier molecular flexibility index (Phi) is 6.38. The minimum Gasteiger partial charge on any atom is -0.350 e. The average Bonchev–Trinajstić information content (AvgIpc) is 2.81. The van der Waals surface area contributed by atoms with Crippen molar-refractivity contribution in [3.63, 3.8) is 0 Å². The summed E-state index contributed by atoms with van der Waals surface area (Å²) in [5.41, 5.74) is 1.01. The predicted octanol–water partition coefficient (Wildman–Crippen LogP) is 2.20. The number of aryl methyl sites for hydroxylation is 1. The summed E-state index contributed by atoms with van der Waals surface area (Å²) in [6, 6.07) is 13.6. The molecule has 0 radical (unpaired) electrons. The molecule has 1 aliphatic rings. The van der Waals surface area contributed by atoms with Crippen LogP contribution in [0.1, 0.15) is 30.7 Å². The molecule has 1 aromatic heterocycles. The van der Waals surface area contributed by atoms with Gasteiger partial charge in [0.25, 0.3) is 5.56 Å². The lowest BCUT2D eigenvalue weighted by Crippen LogP contribution is -2.35. The maximum absolute atomic E-state index is 12.9. The summed E-state index contributed by atoms with van der Waals surface area (Å²) in [5.74, 6) is 0.107. The number of para-hydroxylation sites is 1. The quantitative estimate of drug-likeness (QED) is 0.615. The molecule has 9 heteroatoms. The standard InChI is InChI=1S/C23H26N4O4S/c1-17-25-21-11-4-3-10-20(21)23(29)27(17)16-22(28)24-15-18-8-7-9-19(14-18)32(30,31)26-12-5-2-6-13-26/h3-4,7-11,14H,2,5-6,12-13,15-16H2,1H3,(H,24,28). The SMILES string of the molecule is Cc1nc2ccccc2c(=O)n1CC(=O)NCc1cccc(S(=O)(=O)N2CCCCC2)c1. The summed E-state index contributed by atoms with van der Waals surface area (Å²) in [7, 11) is -3.54. The topological polar surface area (TPSA) is 101 Å². The van der Waals surface area contributed by atoms with E-state index in [0.717, 1.165) is 19.3 Å². The molecule has 2 heterocycles. The molecule has 4 rings (SSSR count). The number of carbonyl (C=O) groups is 1. The lowest BCUT2D eigenvalue weighted by Gasteiger charge is -2.26. The number of piperidine rings is 1. The zero-order valence-corrected chi connectivity index (χ0v) is 18.8. The number of fused-ring (bicyclic) bond motifs is 1. The van der Waals surface area contributed by atoms with Crippen molar-refractivity contribution in [2.75, 3.05) is 13.1 Å². The molecule has 1 saturated heterocycles. The van der Waals surface area contributed by atoms with E-state index in [9.17, 15) is 18.0 Å². The first kappa shape index (κ1) is 22.2. The number of carbonyl (C=O) groups excluding carboxylic acids is 1. The molecule has 168 valence electrons.